The van der Waals surface area contributed by atoms with Gasteiger partial charge < -0.3 is 0 Å². The van der Waals surface area contributed by atoms with Crippen LogP contribution >= 0.6 is 0 Å². The molecule has 0 aromatic rings. The number of hydrogen-bond donors (Lipinski definition) is 0. The zero-order valence-corrected chi connectivity index (χ0v) is 13.2. The second-order valence-electron chi connectivity index (χ2n) is 8.44. The van der Waals surface area contributed by atoms with E-state index in [-0.39, 0.29) is 10.8 Å². The van der Waals surface area contributed by atoms with Crippen molar-refractivity contribution in [1.82, 2.24) is 0 Å². The lowest BCUT2D eigenvalue weighted by Gasteiger charge is -2.57. The number of hydrogen-bond acceptors (Lipinski definition) is 2. The molecule has 0 radical (unpaired) electrons. The lowest BCUT2D eigenvalue weighted by molar-refractivity contribution is -0.135. The third-order valence-corrected chi connectivity index (χ3v) is 7.75. The van der Waals surface area contributed by atoms with E-state index in [1.807, 2.05) is 6.08 Å². The van der Waals surface area contributed by atoms with Gasteiger partial charge in [-0.25, -0.2) is 0 Å². The fraction of sp³-hybridized carbons (Fsp3) is 0.789. The van der Waals surface area contributed by atoms with Gasteiger partial charge in [0.05, 0.1) is 0 Å². The average molecular weight is 286 g/mol. The highest BCUT2D eigenvalue weighted by Crippen LogP contribution is 2.64. The molecule has 114 valence electrons. The van der Waals surface area contributed by atoms with Gasteiger partial charge in [-0.2, -0.15) is 0 Å². The lowest BCUT2D eigenvalue weighted by atomic mass is 9.46. The predicted molar refractivity (Wildman–Crippen MR) is 81.6 cm³/mol. The van der Waals surface area contributed by atoms with Crippen molar-refractivity contribution in [2.75, 3.05) is 0 Å². The van der Waals surface area contributed by atoms with Gasteiger partial charge in [0, 0.05) is 18.3 Å². The fourth-order valence-electron chi connectivity index (χ4n) is 6.41. The summed E-state index contributed by atoms with van der Waals surface area (Å²) < 4.78 is 0. The van der Waals surface area contributed by atoms with Crippen molar-refractivity contribution in [2.45, 2.75) is 58.8 Å². The highest BCUT2D eigenvalue weighted by molar-refractivity contribution is 5.91. The van der Waals surface area contributed by atoms with Gasteiger partial charge in [0.15, 0.2) is 5.78 Å². The quantitative estimate of drug-likeness (QED) is 0.676. The van der Waals surface area contributed by atoms with E-state index in [0.717, 1.165) is 25.7 Å². The molecule has 0 heterocycles. The predicted octanol–water partition coefficient (Wildman–Crippen LogP) is 3.94. The Bertz CT molecular complexity index is 534. The summed E-state index contributed by atoms with van der Waals surface area (Å²) in [5, 5.41) is 0. The van der Waals surface area contributed by atoms with Crippen molar-refractivity contribution in [3.63, 3.8) is 0 Å². The summed E-state index contributed by atoms with van der Waals surface area (Å²) >= 11 is 0. The standard InChI is InChI=1S/C19H26O2/c1-18-9-7-13(20)11-12(18)3-4-14-15-5-6-17(21)19(15,2)10-8-16(14)18/h7,9,12,14-16H,3-6,8,10-11H2,1-2H3/t12?,14-,15-,16-,18-,19-/m0/s1. The molecule has 3 fully saturated rings. The van der Waals surface area contributed by atoms with E-state index in [2.05, 4.69) is 19.9 Å². The Balaban J connectivity index is 1.70. The van der Waals surface area contributed by atoms with Gasteiger partial charge in [0.1, 0.15) is 5.78 Å². The summed E-state index contributed by atoms with van der Waals surface area (Å²) in [6, 6.07) is 0. The van der Waals surface area contributed by atoms with Crippen LogP contribution in [0.4, 0.5) is 0 Å². The molecule has 6 atom stereocenters. The number of carbonyl (C=O) groups excluding carboxylic acids is 2. The number of fused-ring (bicyclic) bond motifs is 5. The molecule has 0 bridgehead atoms. The van der Waals surface area contributed by atoms with Crippen LogP contribution in [0.2, 0.25) is 0 Å². The number of carbonyl (C=O) groups is 2. The summed E-state index contributed by atoms with van der Waals surface area (Å²) in [4.78, 5) is 24.1. The van der Waals surface area contributed by atoms with Gasteiger partial charge in [-0.15, -0.1) is 0 Å². The largest absolute Gasteiger partial charge is 0.299 e. The molecule has 2 nitrogen and oxygen atoms in total. The van der Waals surface area contributed by atoms with E-state index < -0.39 is 0 Å². The Kier molecular flexibility index (Phi) is 2.81. The van der Waals surface area contributed by atoms with Crippen molar-refractivity contribution in [1.29, 1.82) is 0 Å². The van der Waals surface area contributed by atoms with E-state index in [0.29, 0.717) is 35.2 Å². The zero-order chi connectivity index (χ0) is 14.8. The van der Waals surface area contributed by atoms with Crippen molar-refractivity contribution in [3.05, 3.63) is 12.2 Å². The van der Waals surface area contributed by atoms with Gasteiger partial charge in [0.25, 0.3) is 0 Å². The molecule has 4 aliphatic carbocycles. The molecule has 0 saturated heterocycles. The first-order valence-electron chi connectivity index (χ1n) is 8.70. The maximum absolute atomic E-state index is 12.4. The molecule has 0 spiro atoms. The van der Waals surface area contributed by atoms with E-state index in [1.165, 1.54) is 19.3 Å². The molecule has 0 aliphatic heterocycles. The van der Waals surface area contributed by atoms with Gasteiger partial charge in [-0.3, -0.25) is 9.59 Å². The van der Waals surface area contributed by atoms with E-state index in [9.17, 15) is 9.59 Å². The summed E-state index contributed by atoms with van der Waals surface area (Å²) in [7, 11) is 0. The number of allylic oxidation sites excluding steroid dienone is 2. The van der Waals surface area contributed by atoms with Crippen LogP contribution in [0.5, 0.6) is 0 Å². The van der Waals surface area contributed by atoms with Crippen molar-refractivity contribution in [2.24, 2.45) is 34.5 Å². The van der Waals surface area contributed by atoms with Crippen LogP contribution in [0.3, 0.4) is 0 Å². The zero-order valence-electron chi connectivity index (χ0n) is 13.2. The molecule has 2 heteroatoms. The monoisotopic (exact) mass is 286 g/mol. The maximum Gasteiger partial charge on any atom is 0.155 e. The summed E-state index contributed by atoms with van der Waals surface area (Å²) in [6.45, 7) is 4.62. The Labute approximate surface area is 127 Å². The molecule has 0 aromatic carbocycles. The topological polar surface area (TPSA) is 34.1 Å². The number of Topliss-reactive ketones (excluding diaryl/α,β-unsaturated/α-hetero) is 1. The number of rotatable bonds is 0. The minimum atomic E-state index is -0.0292. The molecule has 0 N–H and O–H groups in total. The van der Waals surface area contributed by atoms with Crippen LogP contribution in [-0.2, 0) is 9.59 Å². The van der Waals surface area contributed by atoms with E-state index in [1.54, 1.807) is 0 Å². The Morgan fingerprint density at radius 2 is 1.86 bits per heavy atom. The van der Waals surface area contributed by atoms with E-state index in [4.69, 9.17) is 0 Å². The molecule has 1 unspecified atom stereocenters. The smallest absolute Gasteiger partial charge is 0.155 e. The minimum absolute atomic E-state index is 0.0292. The normalized spacial score (nSPS) is 52.3. The minimum Gasteiger partial charge on any atom is -0.299 e. The van der Waals surface area contributed by atoms with Gasteiger partial charge in [-0.1, -0.05) is 19.9 Å². The van der Waals surface area contributed by atoms with E-state index >= 15 is 0 Å². The first-order valence-corrected chi connectivity index (χ1v) is 8.70. The fourth-order valence-corrected chi connectivity index (χ4v) is 6.41. The highest BCUT2D eigenvalue weighted by atomic mass is 16.1. The van der Waals surface area contributed by atoms with Crippen LogP contribution in [0, 0.1) is 34.5 Å². The lowest BCUT2D eigenvalue weighted by Crippen LogP contribution is -2.52. The van der Waals surface area contributed by atoms with Gasteiger partial charge in [-0.05, 0) is 67.3 Å². The molecule has 21 heavy (non-hydrogen) atoms. The van der Waals surface area contributed by atoms with Crippen LogP contribution in [0.15, 0.2) is 12.2 Å². The Morgan fingerprint density at radius 3 is 2.67 bits per heavy atom. The second-order valence-corrected chi connectivity index (χ2v) is 8.44. The van der Waals surface area contributed by atoms with Crippen molar-refractivity contribution in [3.8, 4) is 0 Å². The summed E-state index contributed by atoms with van der Waals surface area (Å²) in [6.07, 6.45) is 11.4. The Hall–Kier alpha value is -0.920. The molecule has 3 saturated carbocycles. The van der Waals surface area contributed by atoms with Gasteiger partial charge in [0.2, 0.25) is 0 Å². The molecule has 4 rings (SSSR count). The first-order chi connectivity index (χ1) is 9.95. The number of ketones is 2. The molecule has 4 aliphatic rings. The van der Waals surface area contributed by atoms with Crippen LogP contribution in [-0.4, -0.2) is 11.6 Å². The average Bonchev–Trinajstić information content (AvgIpc) is 2.76. The first kappa shape index (κ1) is 13.7. The highest BCUT2D eigenvalue weighted by Gasteiger charge is 2.59. The third kappa shape index (κ3) is 1.71. The maximum atomic E-state index is 12.4. The summed E-state index contributed by atoms with van der Waals surface area (Å²) in [5.74, 6) is 3.37. The SMILES string of the molecule is C[C@]12C=CC(=O)CC1CC[C@@H]1[C@@H]2CC[C@]2(C)C(=O)CC[C@@H]12. The summed E-state index contributed by atoms with van der Waals surface area (Å²) in [5.41, 5.74) is 0.169. The van der Waals surface area contributed by atoms with Crippen LogP contribution in [0.1, 0.15) is 58.8 Å². The van der Waals surface area contributed by atoms with Crippen LogP contribution < -0.4 is 0 Å². The van der Waals surface area contributed by atoms with Crippen molar-refractivity contribution < 1.29 is 9.59 Å². The third-order valence-electron chi connectivity index (χ3n) is 7.75. The molecule has 0 amide bonds. The van der Waals surface area contributed by atoms with Crippen LogP contribution in [0.25, 0.3) is 0 Å². The van der Waals surface area contributed by atoms with Crippen molar-refractivity contribution >= 4 is 11.6 Å². The molecule has 0 aromatic heterocycles. The Morgan fingerprint density at radius 1 is 1.05 bits per heavy atom. The molecular weight excluding hydrogens is 260 g/mol. The van der Waals surface area contributed by atoms with Gasteiger partial charge >= 0.3 is 0 Å². The molecular formula is C19H26O2. The second kappa shape index (κ2) is 4.30.